The highest BCUT2D eigenvalue weighted by molar-refractivity contribution is 5.74. The molecule has 1 aliphatic heterocycles. The summed E-state index contributed by atoms with van der Waals surface area (Å²) in [6.45, 7) is 4.37. The highest BCUT2D eigenvalue weighted by Gasteiger charge is 2.34. The van der Waals surface area contributed by atoms with E-state index in [0.717, 1.165) is 30.5 Å². The molecule has 1 unspecified atom stereocenters. The molecule has 1 fully saturated rings. The van der Waals surface area contributed by atoms with E-state index in [1.807, 2.05) is 12.3 Å². The summed E-state index contributed by atoms with van der Waals surface area (Å²) in [6, 6.07) is 1.98. The quantitative estimate of drug-likeness (QED) is 0.779. The van der Waals surface area contributed by atoms with Gasteiger partial charge in [0.2, 0.25) is 0 Å². The van der Waals surface area contributed by atoms with Gasteiger partial charge in [-0.05, 0) is 19.0 Å². The third-order valence-electron chi connectivity index (χ3n) is 3.59. The number of hydrogen-bond donors (Lipinski definition) is 1. The monoisotopic (exact) mass is 216 g/mol. The van der Waals surface area contributed by atoms with Crippen molar-refractivity contribution in [3.05, 3.63) is 24.3 Å². The van der Waals surface area contributed by atoms with Crippen LogP contribution in [-0.2, 0) is 12.5 Å². The summed E-state index contributed by atoms with van der Waals surface area (Å²) in [5, 5.41) is 3.41. The lowest BCUT2D eigenvalue weighted by Crippen LogP contribution is -2.28. The van der Waals surface area contributed by atoms with E-state index in [1.54, 1.807) is 6.20 Å². The van der Waals surface area contributed by atoms with Crippen molar-refractivity contribution in [2.75, 3.05) is 13.1 Å². The van der Waals surface area contributed by atoms with E-state index in [9.17, 15) is 0 Å². The Bertz CT molecular complexity index is 523. The Hall–Kier alpha value is -1.42. The van der Waals surface area contributed by atoms with Crippen molar-refractivity contribution in [2.24, 2.45) is 7.05 Å². The van der Waals surface area contributed by atoms with Crippen LogP contribution < -0.4 is 5.32 Å². The zero-order chi connectivity index (χ0) is 11.2. The summed E-state index contributed by atoms with van der Waals surface area (Å²) in [5.41, 5.74) is 2.32. The fraction of sp³-hybridized carbons (Fsp3) is 0.500. The molecule has 0 radical (unpaired) electrons. The summed E-state index contributed by atoms with van der Waals surface area (Å²) in [5.74, 6) is 1.17. The zero-order valence-corrected chi connectivity index (χ0v) is 9.70. The zero-order valence-electron chi connectivity index (χ0n) is 9.70. The largest absolute Gasteiger partial charge is 0.329 e. The predicted molar refractivity (Wildman–Crippen MR) is 63.3 cm³/mol. The lowest BCUT2D eigenvalue weighted by Gasteiger charge is -2.21. The van der Waals surface area contributed by atoms with Crippen LogP contribution in [0.4, 0.5) is 0 Å². The first-order valence-corrected chi connectivity index (χ1v) is 5.68. The molecule has 4 heteroatoms. The molecule has 1 saturated heterocycles. The van der Waals surface area contributed by atoms with Gasteiger partial charge in [0.1, 0.15) is 5.82 Å². The molecule has 1 N–H and O–H groups in total. The molecule has 2 aromatic rings. The minimum Gasteiger partial charge on any atom is -0.329 e. The van der Waals surface area contributed by atoms with Crippen LogP contribution >= 0.6 is 0 Å². The molecule has 3 rings (SSSR count). The van der Waals surface area contributed by atoms with Gasteiger partial charge in [0.05, 0.1) is 17.2 Å². The number of fused-ring (bicyclic) bond motifs is 1. The van der Waals surface area contributed by atoms with Crippen LogP contribution in [0.5, 0.6) is 0 Å². The van der Waals surface area contributed by atoms with Gasteiger partial charge in [-0.1, -0.05) is 6.92 Å². The fourth-order valence-electron chi connectivity index (χ4n) is 2.58. The fourth-order valence-corrected chi connectivity index (χ4v) is 2.58. The number of imidazole rings is 1. The molecule has 4 nitrogen and oxygen atoms in total. The van der Waals surface area contributed by atoms with E-state index in [2.05, 4.69) is 28.8 Å². The molecule has 0 aromatic carbocycles. The van der Waals surface area contributed by atoms with Crippen LogP contribution in [0, 0.1) is 0 Å². The average Bonchev–Trinajstić information content (AvgIpc) is 2.86. The van der Waals surface area contributed by atoms with Gasteiger partial charge in [-0.25, -0.2) is 4.98 Å². The molecular weight excluding hydrogens is 200 g/mol. The predicted octanol–water partition coefficient (Wildman–Crippen LogP) is 1.22. The number of pyridine rings is 1. The molecule has 84 valence electrons. The molecule has 1 atom stereocenters. The Labute approximate surface area is 94.7 Å². The molecule has 1 aliphatic rings. The van der Waals surface area contributed by atoms with Gasteiger partial charge in [-0.15, -0.1) is 0 Å². The maximum absolute atomic E-state index is 4.75. The van der Waals surface area contributed by atoms with Crippen LogP contribution in [0.25, 0.3) is 11.0 Å². The molecule has 0 aliphatic carbocycles. The Morgan fingerprint density at radius 3 is 3.06 bits per heavy atom. The summed E-state index contributed by atoms with van der Waals surface area (Å²) < 4.78 is 2.18. The number of aromatic nitrogens is 3. The molecule has 0 spiro atoms. The third kappa shape index (κ3) is 1.26. The van der Waals surface area contributed by atoms with Crippen molar-refractivity contribution in [3.8, 4) is 0 Å². The Balaban J connectivity index is 2.20. The molecule has 3 heterocycles. The van der Waals surface area contributed by atoms with Gasteiger partial charge in [-0.2, -0.15) is 0 Å². The summed E-state index contributed by atoms with van der Waals surface area (Å²) >= 11 is 0. The lowest BCUT2D eigenvalue weighted by molar-refractivity contribution is 0.475. The standard InChI is InChI=1S/C12H16N4/c1-12(4-6-14-8-12)11-15-9-3-5-13-7-10(9)16(11)2/h3,5,7,14H,4,6,8H2,1-2H3. The smallest absolute Gasteiger partial charge is 0.116 e. The van der Waals surface area contributed by atoms with Gasteiger partial charge in [0.25, 0.3) is 0 Å². The normalized spacial score (nSPS) is 25.4. The van der Waals surface area contributed by atoms with Crippen LogP contribution in [0.2, 0.25) is 0 Å². The van der Waals surface area contributed by atoms with E-state index in [-0.39, 0.29) is 5.41 Å². The van der Waals surface area contributed by atoms with Crippen molar-refractivity contribution in [1.82, 2.24) is 19.9 Å². The van der Waals surface area contributed by atoms with Gasteiger partial charge in [0, 0.05) is 25.2 Å². The second kappa shape index (κ2) is 3.28. The number of aryl methyl sites for hydroxylation is 1. The van der Waals surface area contributed by atoms with Gasteiger partial charge >= 0.3 is 0 Å². The van der Waals surface area contributed by atoms with Crippen molar-refractivity contribution in [1.29, 1.82) is 0 Å². The van der Waals surface area contributed by atoms with E-state index in [0.29, 0.717) is 0 Å². The van der Waals surface area contributed by atoms with E-state index in [4.69, 9.17) is 4.98 Å². The van der Waals surface area contributed by atoms with Crippen LogP contribution in [0.1, 0.15) is 19.2 Å². The lowest BCUT2D eigenvalue weighted by atomic mass is 9.89. The number of nitrogens with one attached hydrogen (secondary N) is 1. The molecule has 0 bridgehead atoms. The first kappa shape index (κ1) is 9.78. The van der Waals surface area contributed by atoms with E-state index in [1.165, 1.54) is 5.82 Å². The minimum absolute atomic E-state index is 0.160. The van der Waals surface area contributed by atoms with Gasteiger partial charge < -0.3 is 9.88 Å². The molecule has 0 saturated carbocycles. The molecular formula is C12H16N4. The SMILES string of the molecule is Cn1c(C2(C)CCNC2)nc2ccncc21. The van der Waals surface area contributed by atoms with Crippen LogP contribution in [-0.4, -0.2) is 27.6 Å². The van der Waals surface area contributed by atoms with Crippen molar-refractivity contribution in [3.63, 3.8) is 0 Å². The first-order valence-electron chi connectivity index (χ1n) is 5.68. The average molecular weight is 216 g/mol. The third-order valence-corrected chi connectivity index (χ3v) is 3.59. The van der Waals surface area contributed by atoms with Crippen molar-refractivity contribution >= 4 is 11.0 Å². The van der Waals surface area contributed by atoms with E-state index >= 15 is 0 Å². The van der Waals surface area contributed by atoms with Crippen molar-refractivity contribution in [2.45, 2.75) is 18.8 Å². The minimum atomic E-state index is 0.160. The number of hydrogen-bond acceptors (Lipinski definition) is 3. The topological polar surface area (TPSA) is 42.7 Å². The maximum atomic E-state index is 4.75. The second-order valence-electron chi connectivity index (χ2n) is 4.85. The van der Waals surface area contributed by atoms with Crippen LogP contribution in [0.3, 0.4) is 0 Å². The Morgan fingerprint density at radius 2 is 2.38 bits per heavy atom. The Morgan fingerprint density at radius 1 is 1.50 bits per heavy atom. The highest BCUT2D eigenvalue weighted by atomic mass is 15.1. The van der Waals surface area contributed by atoms with Crippen molar-refractivity contribution < 1.29 is 0 Å². The molecule has 2 aromatic heterocycles. The summed E-state index contributed by atoms with van der Waals surface area (Å²) in [6.07, 6.45) is 4.84. The number of nitrogens with zero attached hydrogens (tertiary/aromatic N) is 3. The second-order valence-corrected chi connectivity index (χ2v) is 4.85. The highest BCUT2D eigenvalue weighted by Crippen LogP contribution is 2.30. The Kier molecular flexibility index (Phi) is 2.01. The molecule has 0 amide bonds. The summed E-state index contributed by atoms with van der Waals surface area (Å²) in [7, 11) is 2.08. The van der Waals surface area contributed by atoms with Gasteiger partial charge in [-0.3, -0.25) is 4.98 Å². The first-order chi connectivity index (χ1) is 7.71. The molecule has 16 heavy (non-hydrogen) atoms. The van der Waals surface area contributed by atoms with Gasteiger partial charge in [0.15, 0.2) is 0 Å². The number of rotatable bonds is 1. The summed E-state index contributed by atoms with van der Waals surface area (Å²) in [4.78, 5) is 8.91. The maximum Gasteiger partial charge on any atom is 0.116 e. The van der Waals surface area contributed by atoms with E-state index < -0.39 is 0 Å². The van der Waals surface area contributed by atoms with Crippen LogP contribution in [0.15, 0.2) is 18.5 Å².